The lowest BCUT2D eigenvalue weighted by atomic mass is 10.2. The molecule has 1 heterocycles. The van der Waals surface area contributed by atoms with Crippen LogP contribution < -0.4 is 15.4 Å². The summed E-state index contributed by atoms with van der Waals surface area (Å²) < 4.78 is 7.63. The summed E-state index contributed by atoms with van der Waals surface area (Å²) >= 11 is 5.95. The van der Waals surface area contributed by atoms with Crippen LogP contribution in [0.25, 0.3) is 0 Å². The fraction of sp³-hybridized carbons (Fsp3) is 0.444. The molecule has 2 N–H and O–H groups in total. The Morgan fingerprint density at radius 1 is 1.32 bits per heavy atom. The van der Waals surface area contributed by atoms with Gasteiger partial charge in [0.05, 0.1) is 18.8 Å². The van der Waals surface area contributed by atoms with Crippen LogP contribution in [0.5, 0.6) is 5.75 Å². The van der Waals surface area contributed by atoms with Crippen molar-refractivity contribution in [3.05, 3.63) is 46.7 Å². The molecule has 25 heavy (non-hydrogen) atoms. The molecular weight excluding hydrogens is 338 g/mol. The number of ether oxygens (including phenoxy) is 1. The molecule has 0 amide bonds. The van der Waals surface area contributed by atoms with Gasteiger partial charge in [0, 0.05) is 31.4 Å². The third-order valence-corrected chi connectivity index (χ3v) is 3.91. The van der Waals surface area contributed by atoms with Crippen LogP contribution in [-0.2, 0) is 13.6 Å². The molecule has 6 nitrogen and oxygen atoms in total. The number of hydrogen-bond acceptors (Lipinski definition) is 3. The van der Waals surface area contributed by atoms with Crippen LogP contribution in [0.15, 0.2) is 35.5 Å². The second kappa shape index (κ2) is 9.93. The highest BCUT2D eigenvalue weighted by atomic mass is 35.5. The van der Waals surface area contributed by atoms with Crippen LogP contribution in [0.1, 0.15) is 24.6 Å². The first-order chi connectivity index (χ1) is 12.1. The standard InChI is InChI=1S/C18H26ClN5O/c1-4-20-18(22-13-16-8-10-23-24(16)3)21-9-5-11-25-17-7-6-15(19)12-14(17)2/h6-8,10,12H,4-5,9,11,13H2,1-3H3,(H2,20,21,22). The molecule has 0 radical (unpaired) electrons. The first-order valence-corrected chi connectivity index (χ1v) is 8.86. The highest BCUT2D eigenvalue weighted by Crippen LogP contribution is 2.21. The lowest BCUT2D eigenvalue weighted by Crippen LogP contribution is -2.38. The maximum Gasteiger partial charge on any atom is 0.191 e. The molecule has 0 aliphatic heterocycles. The van der Waals surface area contributed by atoms with E-state index in [1.165, 1.54) is 0 Å². The van der Waals surface area contributed by atoms with E-state index in [-0.39, 0.29) is 0 Å². The van der Waals surface area contributed by atoms with Crippen molar-refractivity contribution in [2.45, 2.75) is 26.8 Å². The number of aryl methyl sites for hydroxylation is 2. The predicted octanol–water partition coefficient (Wildman–Crippen LogP) is 2.91. The Morgan fingerprint density at radius 3 is 2.84 bits per heavy atom. The first kappa shape index (κ1) is 19.1. The van der Waals surface area contributed by atoms with Gasteiger partial charge in [0.1, 0.15) is 5.75 Å². The largest absolute Gasteiger partial charge is 0.493 e. The van der Waals surface area contributed by atoms with Gasteiger partial charge >= 0.3 is 0 Å². The molecule has 0 atom stereocenters. The zero-order valence-electron chi connectivity index (χ0n) is 15.1. The minimum atomic E-state index is 0.590. The third kappa shape index (κ3) is 6.31. The molecule has 1 aromatic carbocycles. The second-order valence-electron chi connectivity index (χ2n) is 5.68. The molecule has 0 fully saturated rings. The number of halogens is 1. The summed E-state index contributed by atoms with van der Waals surface area (Å²) in [7, 11) is 1.92. The van der Waals surface area contributed by atoms with Crippen LogP contribution >= 0.6 is 11.6 Å². The molecule has 7 heteroatoms. The molecule has 0 saturated carbocycles. The van der Waals surface area contributed by atoms with Crippen LogP contribution in [0.4, 0.5) is 0 Å². The van der Waals surface area contributed by atoms with E-state index in [2.05, 4.69) is 20.7 Å². The molecule has 0 aliphatic carbocycles. The molecule has 2 rings (SSSR count). The number of aliphatic imine (C=N–C) groups is 1. The predicted molar refractivity (Wildman–Crippen MR) is 102 cm³/mol. The molecule has 0 aliphatic rings. The minimum Gasteiger partial charge on any atom is -0.493 e. The van der Waals surface area contributed by atoms with Gasteiger partial charge in [-0.15, -0.1) is 0 Å². The molecule has 0 unspecified atom stereocenters. The Balaban J connectivity index is 1.74. The van der Waals surface area contributed by atoms with E-state index in [1.807, 2.05) is 49.8 Å². The first-order valence-electron chi connectivity index (χ1n) is 8.48. The summed E-state index contributed by atoms with van der Waals surface area (Å²) in [6.45, 7) is 6.87. The number of hydrogen-bond donors (Lipinski definition) is 2. The molecule has 0 spiro atoms. The Morgan fingerprint density at radius 2 is 2.16 bits per heavy atom. The van der Waals surface area contributed by atoms with Crippen LogP contribution in [0, 0.1) is 6.92 Å². The quantitative estimate of drug-likeness (QED) is 0.430. The zero-order valence-corrected chi connectivity index (χ0v) is 15.8. The van der Waals surface area contributed by atoms with Crippen molar-refractivity contribution < 1.29 is 4.74 Å². The van der Waals surface area contributed by atoms with Gasteiger partial charge in [-0.05, 0) is 50.1 Å². The lowest BCUT2D eigenvalue weighted by molar-refractivity contribution is 0.309. The van der Waals surface area contributed by atoms with E-state index in [9.17, 15) is 0 Å². The van der Waals surface area contributed by atoms with Crippen molar-refractivity contribution in [1.29, 1.82) is 0 Å². The van der Waals surface area contributed by atoms with Crippen LogP contribution in [-0.4, -0.2) is 35.4 Å². The van der Waals surface area contributed by atoms with Gasteiger partial charge in [-0.2, -0.15) is 5.10 Å². The lowest BCUT2D eigenvalue weighted by Gasteiger charge is -2.12. The fourth-order valence-electron chi connectivity index (χ4n) is 2.29. The number of rotatable bonds is 8. The molecule has 0 bridgehead atoms. The number of guanidine groups is 1. The van der Waals surface area contributed by atoms with Gasteiger partial charge in [-0.25, -0.2) is 4.99 Å². The molecular formula is C18H26ClN5O. The van der Waals surface area contributed by atoms with E-state index in [4.69, 9.17) is 16.3 Å². The molecule has 1 aromatic heterocycles. The average Bonchev–Trinajstić information content (AvgIpc) is 2.99. The van der Waals surface area contributed by atoms with Crippen molar-refractivity contribution in [2.24, 2.45) is 12.0 Å². The summed E-state index contributed by atoms with van der Waals surface area (Å²) in [4.78, 5) is 4.57. The van der Waals surface area contributed by atoms with Gasteiger partial charge in [-0.1, -0.05) is 11.6 Å². The smallest absolute Gasteiger partial charge is 0.191 e. The molecule has 136 valence electrons. The van der Waals surface area contributed by atoms with Gasteiger partial charge in [0.25, 0.3) is 0 Å². The Bertz CT molecular complexity index is 699. The van der Waals surface area contributed by atoms with Crippen LogP contribution in [0.2, 0.25) is 5.02 Å². The third-order valence-electron chi connectivity index (χ3n) is 3.67. The SMILES string of the molecule is CCNC(=NCc1ccnn1C)NCCCOc1ccc(Cl)cc1C. The van der Waals surface area contributed by atoms with E-state index >= 15 is 0 Å². The van der Waals surface area contributed by atoms with Crippen molar-refractivity contribution in [3.63, 3.8) is 0 Å². The second-order valence-corrected chi connectivity index (χ2v) is 6.12. The number of benzene rings is 1. The maximum atomic E-state index is 5.95. The summed E-state index contributed by atoms with van der Waals surface area (Å²) in [5.74, 6) is 1.67. The summed E-state index contributed by atoms with van der Waals surface area (Å²) in [5.41, 5.74) is 2.12. The summed E-state index contributed by atoms with van der Waals surface area (Å²) in [6.07, 6.45) is 2.65. The number of nitrogens with one attached hydrogen (secondary N) is 2. The summed E-state index contributed by atoms with van der Waals surface area (Å²) in [6, 6.07) is 7.62. The summed E-state index contributed by atoms with van der Waals surface area (Å²) in [5, 5.41) is 11.4. The normalized spacial score (nSPS) is 11.4. The maximum absolute atomic E-state index is 5.95. The topological polar surface area (TPSA) is 63.5 Å². The van der Waals surface area contributed by atoms with Gasteiger partial charge < -0.3 is 15.4 Å². The van der Waals surface area contributed by atoms with E-state index in [1.54, 1.807) is 6.20 Å². The Labute approximate surface area is 154 Å². The number of aromatic nitrogens is 2. The Kier molecular flexibility index (Phi) is 7.60. The monoisotopic (exact) mass is 363 g/mol. The van der Waals surface area contributed by atoms with Gasteiger partial charge in [-0.3, -0.25) is 4.68 Å². The van der Waals surface area contributed by atoms with Gasteiger partial charge in [0.15, 0.2) is 5.96 Å². The van der Waals surface area contributed by atoms with Crippen LogP contribution in [0.3, 0.4) is 0 Å². The van der Waals surface area contributed by atoms with E-state index in [0.29, 0.717) is 13.2 Å². The average molecular weight is 364 g/mol. The van der Waals surface area contributed by atoms with E-state index < -0.39 is 0 Å². The zero-order chi connectivity index (χ0) is 18.1. The number of nitrogens with zero attached hydrogens (tertiary/aromatic N) is 3. The van der Waals surface area contributed by atoms with Crippen molar-refractivity contribution in [3.8, 4) is 5.75 Å². The minimum absolute atomic E-state index is 0.590. The van der Waals surface area contributed by atoms with Crippen molar-refractivity contribution >= 4 is 17.6 Å². The molecule has 0 saturated heterocycles. The van der Waals surface area contributed by atoms with Crippen molar-refractivity contribution in [2.75, 3.05) is 19.7 Å². The van der Waals surface area contributed by atoms with Crippen molar-refractivity contribution in [1.82, 2.24) is 20.4 Å². The fourth-order valence-corrected chi connectivity index (χ4v) is 2.52. The highest BCUT2D eigenvalue weighted by Gasteiger charge is 2.02. The van der Waals surface area contributed by atoms with E-state index in [0.717, 1.165) is 47.5 Å². The molecule has 2 aromatic rings. The highest BCUT2D eigenvalue weighted by molar-refractivity contribution is 6.30. The van der Waals surface area contributed by atoms with Gasteiger partial charge in [0.2, 0.25) is 0 Å². The Hall–Kier alpha value is -2.21.